The van der Waals surface area contributed by atoms with Crippen molar-refractivity contribution in [3.63, 3.8) is 0 Å². The maximum Gasteiger partial charge on any atom is 0.147 e. The van der Waals surface area contributed by atoms with Crippen molar-refractivity contribution in [1.29, 1.82) is 0 Å². The van der Waals surface area contributed by atoms with Crippen LogP contribution in [0.25, 0.3) is 0 Å². The monoisotopic (exact) mass is 256 g/mol. The first-order valence-electron chi connectivity index (χ1n) is 5.65. The average molecular weight is 256 g/mol. The van der Waals surface area contributed by atoms with Gasteiger partial charge in [-0.05, 0) is 12.0 Å². The molecule has 0 saturated heterocycles. The van der Waals surface area contributed by atoms with Crippen molar-refractivity contribution >= 4 is 9.84 Å². The zero-order valence-corrected chi connectivity index (χ0v) is 11.4. The van der Waals surface area contributed by atoms with E-state index < -0.39 is 21.4 Å². The first kappa shape index (κ1) is 14.2. The number of aliphatic hydroxyl groups excluding tert-OH is 1. The van der Waals surface area contributed by atoms with Crippen LogP contribution in [0.1, 0.15) is 25.8 Å². The third-order valence-electron chi connectivity index (χ3n) is 3.11. The highest BCUT2D eigenvalue weighted by Crippen LogP contribution is 2.28. The minimum atomic E-state index is -3.02. The maximum atomic E-state index is 11.1. The van der Waals surface area contributed by atoms with Crippen molar-refractivity contribution in [2.24, 2.45) is 0 Å². The Bertz CT molecular complexity index is 449. The SMILES string of the molecule is CC(C)(c1ccccc1)C(O)CCS(C)(=O)=O. The second kappa shape index (κ2) is 5.19. The molecule has 17 heavy (non-hydrogen) atoms. The lowest BCUT2D eigenvalue weighted by atomic mass is 9.78. The molecule has 1 N–H and O–H groups in total. The topological polar surface area (TPSA) is 54.4 Å². The Labute approximate surface area is 103 Å². The van der Waals surface area contributed by atoms with Gasteiger partial charge in [-0.2, -0.15) is 0 Å². The third kappa shape index (κ3) is 4.13. The highest BCUT2D eigenvalue weighted by molar-refractivity contribution is 7.90. The lowest BCUT2D eigenvalue weighted by Gasteiger charge is -2.31. The first-order chi connectivity index (χ1) is 7.73. The highest BCUT2D eigenvalue weighted by atomic mass is 32.2. The largest absolute Gasteiger partial charge is 0.392 e. The average Bonchev–Trinajstić information content (AvgIpc) is 2.26. The molecule has 1 aromatic carbocycles. The van der Waals surface area contributed by atoms with Gasteiger partial charge in [-0.15, -0.1) is 0 Å². The summed E-state index contributed by atoms with van der Waals surface area (Å²) in [5, 5.41) is 10.1. The Hall–Kier alpha value is -0.870. The zero-order chi connectivity index (χ0) is 13.1. The first-order valence-corrected chi connectivity index (χ1v) is 7.71. The Morgan fingerprint density at radius 3 is 2.24 bits per heavy atom. The maximum absolute atomic E-state index is 11.1. The predicted molar refractivity (Wildman–Crippen MR) is 69.8 cm³/mol. The van der Waals surface area contributed by atoms with Crippen molar-refractivity contribution in [2.75, 3.05) is 12.0 Å². The van der Waals surface area contributed by atoms with Crippen molar-refractivity contribution < 1.29 is 13.5 Å². The van der Waals surface area contributed by atoms with E-state index in [0.717, 1.165) is 5.56 Å². The van der Waals surface area contributed by atoms with E-state index in [-0.39, 0.29) is 12.2 Å². The summed E-state index contributed by atoms with van der Waals surface area (Å²) in [5.41, 5.74) is 0.576. The predicted octanol–water partition coefficient (Wildman–Crippen LogP) is 1.76. The van der Waals surface area contributed by atoms with Gasteiger partial charge in [0.25, 0.3) is 0 Å². The molecule has 0 heterocycles. The minimum absolute atomic E-state index is 0.0183. The molecule has 1 rings (SSSR count). The van der Waals surface area contributed by atoms with E-state index in [4.69, 9.17) is 0 Å². The minimum Gasteiger partial charge on any atom is -0.392 e. The standard InChI is InChI=1S/C13H20O3S/c1-13(2,11-7-5-4-6-8-11)12(14)9-10-17(3,15)16/h4-8,12,14H,9-10H2,1-3H3. The van der Waals surface area contributed by atoms with Crippen LogP contribution in [0.4, 0.5) is 0 Å². The molecule has 1 atom stereocenters. The van der Waals surface area contributed by atoms with Crippen molar-refractivity contribution in [1.82, 2.24) is 0 Å². The molecule has 4 heteroatoms. The van der Waals surface area contributed by atoms with E-state index in [2.05, 4.69) is 0 Å². The molecule has 0 bridgehead atoms. The molecule has 0 aliphatic rings. The van der Waals surface area contributed by atoms with Crippen LogP contribution in [0.15, 0.2) is 30.3 Å². The van der Waals surface area contributed by atoms with E-state index >= 15 is 0 Å². The van der Waals surface area contributed by atoms with Crippen LogP contribution in [0.2, 0.25) is 0 Å². The van der Waals surface area contributed by atoms with Gasteiger partial charge in [0.2, 0.25) is 0 Å². The van der Waals surface area contributed by atoms with Crippen LogP contribution >= 0.6 is 0 Å². The zero-order valence-electron chi connectivity index (χ0n) is 10.6. The van der Waals surface area contributed by atoms with Crippen LogP contribution in [-0.2, 0) is 15.3 Å². The lowest BCUT2D eigenvalue weighted by Crippen LogP contribution is -2.35. The third-order valence-corrected chi connectivity index (χ3v) is 4.09. The van der Waals surface area contributed by atoms with E-state index in [9.17, 15) is 13.5 Å². The molecular formula is C13H20O3S. The summed E-state index contributed by atoms with van der Waals surface area (Å²) >= 11 is 0. The van der Waals surface area contributed by atoms with Gasteiger partial charge in [-0.1, -0.05) is 44.2 Å². The molecule has 0 aromatic heterocycles. The lowest BCUT2D eigenvalue weighted by molar-refractivity contribution is 0.0967. The number of hydrogen-bond donors (Lipinski definition) is 1. The second-order valence-electron chi connectivity index (χ2n) is 5.02. The molecule has 0 fully saturated rings. The fourth-order valence-corrected chi connectivity index (χ4v) is 2.40. The molecule has 0 amide bonds. The van der Waals surface area contributed by atoms with Crippen LogP contribution in [0.3, 0.4) is 0 Å². The van der Waals surface area contributed by atoms with Crippen LogP contribution in [-0.4, -0.2) is 31.6 Å². The van der Waals surface area contributed by atoms with Gasteiger partial charge < -0.3 is 5.11 Å². The van der Waals surface area contributed by atoms with Gasteiger partial charge in [0.1, 0.15) is 9.84 Å². The van der Waals surface area contributed by atoms with E-state index in [1.165, 1.54) is 6.26 Å². The summed E-state index contributed by atoms with van der Waals surface area (Å²) in [6, 6.07) is 9.65. The summed E-state index contributed by atoms with van der Waals surface area (Å²) in [7, 11) is -3.02. The number of aliphatic hydroxyl groups is 1. The summed E-state index contributed by atoms with van der Waals surface area (Å²) in [6.45, 7) is 3.85. The Morgan fingerprint density at radius 1 is 1.24 bits per heavy atom. The van der Waals surface area contributed by atoms with Gasteiger partial charge in [-0.25, -0.2) is 8.42 Å². The summed E-state index contributed by atoms with van der Waals surface area (Å²) < 4.78 is 22.2. The number of benzene rings is 1. The fourth-order valence-electron chi connectivity index (χ4n) is 1.75. The van der Waals surface area contributed by atoms with Crippen molar-refractivity contribution in [2.45, 2.75) is 31.8 Å². The molecule has 0 saturated carbocycles. The van der Waals surface area contributed by atoms with Crippen molar-refractivity contribution in [3.8, 4) is 0 Å². The Morgan fingerprint density at radius 2 is 1.76 bits per heavy atom. The van der Waals surface area contributed by atoms with E-state index in [1.54, 1.807) is 0 Å². The molecule has 0 aliphatic carbocycles. The van der Waals surface area contributed by atoms with Gasteiger partial charge in [0.05, 0.1) is 11.9 Å². The number of hydrogen-bond acceptors (Lipinski definition) is 3. The Kier molecular flexibility index (Phi) is 4.33. The Balaban J connectivity index is 2.77. The molecule has 0 aliphatic heterocycles. The quantitative estimate of drug-likeness (QED) is 0.873. The molecule has 3 nitrogen and oxygen atoms in total. The molecular weight excluding hydrogens is 236 g/mol. The van der Waals surface area contributed by atoms with Gasteiger partial charge in [0, 0.05) is 11.7 Å². The van der Waals surface area contributed by atoms with Crippen LogP contribution in [0.5, 0.6) is 0 Å². The molecule has 1 unspecified atom stereocenters. The second-order valence-corrected chi connectivity index (χ2v) is 7.28. The molecule has 1 aromatic rings. The highest BCUT2D eigenvalue weighted by Gasteiger charge is 2.29. The smallest absolute Gasteiger partial charge is 0.147 e. The fraction of sp³-hybridized carbons (Fsp3) is 0.538. The van der Waals surface area contributed by atoms with Gasteiger partial charge >= 0.3 is 0 Å². The van der Waals surface area contributed by atoms with Gasteiger partial charge in [0.15, 0.2) is 0 Å². The van der Waals surface area contributed by atoms with E-state index in [0.29, 0.717) is 0 Å². The number of sulfone groups is 1. The molecule has 0 radical (unpaired) electrons. The van der Waals surface area contributed by atoms with Crippen LogP contribution < -0.4 is 0 Å². The van der Waals surface area contributed by atoms with Crippen LogP contribution in [0, 0.1) is 0 Å². The summed E-state index contributed by atoms with van der Waals surface area (Å²) in [6.07, 6.45) is 0.787. The van der Waals surface area contributed by atoms with E-state index in [1.807, 2.05) is 44.2 Å². The molecule has 0 spiro atoms. The summed E-state index contributed by atoms with van der Waals surface area (Å²) in [5.74, 6) is 0.0183. The van der Waals surface area contributed by atoms with Gasteiger partial charge in [-0.3, -0.25) is 0 Å². The normalized spacial score (nSPS) is 14.6. The number of rotatable bonds is 5. The summed E-state index contributed by atoms with van der Waals surface area (Å²) in [4.78, 5) is 0. The van der Waals surface area contributed by atoms with Crippen molar-refractivity contribution in [3.05, 3.63) is 35.9 Å². The molecule has 96 valence electrons.